The topological polar surface area (TPSA) is 54.0 Å². The highest BCUT2D eigenvalue weighted by atomic mass is 32.1. The minimum Gasteiger partial charge on any atom is -0.334 e. The van der Waals surface area contributed by atoms with Gasteiger partial charge in [0.15, 0.2) is 5.13 Å². The van der Waals surface area contributed by atoms with Crippen LogP contribution in [0.25, 0.3) is 10.2 Å². The van der Waals surface area contributed by atoms with E-state index in [0.717, 1.165) is 22.2 Å². The summed E-state index contributed by atoms with van der Waals surface area (Å²) < 4.78 is 1.10. The molecular weight excluding hydrogens is 294 g/mol. The number of thiazole rings is 1. The molecule has 0 bridgehead atoms. The predicted molar refractivity (Wildman–Crippen MR) is 91.3 cm³/mol. The molecule has 2 amide bonds. The number of benzene rings is 2. The van der Waals surface area contributed by atoms with Crippen molar-refractivity contribution >= 4 is 32.7 Å². The molecular formula is C17H17N3OS. The molecule has 0 saturated heterocycles. The summed E-state index contributed by atoms with van der Waals surface area (Å²) in [5.74, 6) is 0. The highest BCUT2D eigenvalue weighted by Crippen LogP contribution is 2.28. The third kappa shape index (κ3) is 3.26. The van der Waals surface area contributed by atoms with Gasteiger partial charge in [0.25, 0.3) is 0 Å². The highest BCUT2D eigenvalue weighted by molar-refractivity contribution is 7.22. The molecule has 2 aromatic carbocycles. The van der Waals surface area contributed by atoms with E-state index < -0.39 is 0 Å². The van der Waals surface area contributed by atoms with Gasteiger partial charge in [0.05, 0.1) is 10.2 Å². The zero-order valence-electron chi connectivity index (χ0n) is 12.3. The minimum atomic E-state index is -0.235. The van der Waals surface area contributed by atoms with Crippen LogP contribution in [-0.4, -0.2) is 11.0 Å². The number of para-hydroxylation sites is 1. The monoisotopic (exact) mass is 311 g/mol. The average Bonchev–Trinajstić information content (AvgIpc) is 2.96. The van der Waals surface area contributed by atoms with Crippen molar-refractivity contribution in [2.45, 2.75) is 19.9 Å². The molecule has 1 heterocycles. The normalized spacial score (nSPS) is 10.6. The third-order valence-electron chi connectivity index (χ3n) is 3.40. The maximum Gasteiger partial charge on any atom is 0.321 e. The Morgan fingerprint density at radius 3 is 2.73 bits per heavy atom. The lowest BCUT2D eigenvalue weighted by Gasteiger charge is -2.05. The molecule has 0 fully saturated rings. The van der Waals surface area contributed by atoms with Gasteiger partial charge in [-0.1, -0.05) is 60.7 Å². The summed E-state index contributed by atoms with van der Waals surface area (Å²) in [7, 11) is 0. The molecule has 0 radical (unpaired) electrons. The van der Waals surface area contributed by atoms with Crippen molar-refractivity contribution in [2.24, 2.45) is 0 Å². The molecule has 0 aliphatic heterocycles. The predicted octanol–water partition coefficient (Wildman–Crippen LogP) is 4.18. The molecule has 0 atom stereocenters. The summed E-state index contributed by atoms with van der Waals surface area (Å²) in [6.07, 6.45) is 0.931. The smallest absolute Gasteiger partial charge is 0.321 e. The van der Waals surface area contributed by atoms with Gasteiger partial charge >= 0.3 is 6.03 Å². The summed E-state index contributed by atoms with van der Waals surface area (Å²) in [4.78, 5) is 16.5. The molecule has 0 saturated carbocycles. The lowest BCUT2D eigenvalue weighted by molar-refractivity contribution is 0.251. The SMILES string of the molecule is CCc1cccc2sc(NC(=O)NCc3ccccc3)nc12. The number of hydrogen-bond donors (Lipinski definition) is 2. The summed E-state index contributed by atoms with van der Waals surface area (Å²) in [5.41, 5.74) is 3.25. The first-order valence-electron chi connectivity index (χ1n) is 7.23. The van der Waals surface area contributed by atoms with Crippen LogP contribution < -0.4 is 10.6 Å². The Hall–Kier alpha value is -2.40. The van der Waals surface area contributed by atoms with E-state index in [1.165, 1.54) is 16.9 Å². The van der Waals surface area contributed by atoms with Crippen LogP contribution in [0.1, 0.15) is 18.1 Å². The first-order chi connectivity index (χ1) is 10.8. The van der Waals surface area contributed by atoms with E-state index in [1.54, 1.807) is 0 Å². The summed E-state index contributed by atoms with van der Waals surface area (Å²) >= 11 is 1.49. The zero-order valence-corrected chi connectivity index (χ0v) is 13.1. The molecule has 0 aliphatic carbocycles. The number of carbonyl (C=O) groups excluding carboxylic acids is 1. The van der Waals surface area contributed by atoms with Crippen molar-refractivity contribution in [1.82, 2.24) is 10.3 Å². The Morgan fingerprint density at radius 1 is 1.14 bits per heavy atom. The van der Waals surface area contributed by atoms with Crippen molar-refractivity contribution < 1.29 is 4.79 Å². The Balaban J connectivity index is 1.66. The van der Waals surface area contributed by atoms with Crippen molar-refractivity contribution in [1.29, 1.82) is 0 Å². The summed E-state index contributed by atoms with van der Waals surface area (Å²) in [6, 6.07) is 15.7. The summed E-state index contributed by atoms with van der Waals surface area (Å²) in [5, 5.41) is 6.27. The lowest BCUT2D eigenvalue weighted by Crippen LogP contribution is -2.28. The second-order valence-electron chi connectivity index (χ2n) is 4.93. The second kappa shape index (κ2) is 6.58. The fourth-order valence-corrected chi connectivity index (χ4v) is 3.17. The van der Waals surface area contributed by atoms with Gasteiger partial charge in [0.2, 0.25) is 0 Å². The fraction of sp³-hybridized carbons (Fsp3) is 0.176. The number of hydrogen-bond acceptors (Lipinski definition) is 3. The van der Waals surface area contributed by atoms with Crippen LogP contribution in [-0.2, 0) is 13.0 Å². The first kappa shape index (κ1) is 14.5. The lowest BCUT2D eigenvalue weighted by atomic mass is 10.1. The van der Waals surface area contributed by atoms with Crippen molar-refractivity contribution in [3.63, 3.8) is 0 Å². The molecule has 3 aromatic rings. The molecule has 112 valence electrons. The van der Waals surface area contributed by atoms with E-state index in [1.807, 2.05) is 42.5 Å². The van der Waals surface area contributed by atoms with Gasteiger partial charge in [-0.15, -0.1) is 0 Å². The fourth-order valence-electron chi connectivity index (χ4n) is 2.26. The van der Waals surface area contributed by atoms with Gasteiger partial charge in [-0.2, -0.15) is 0 Å². The number of fused-ring (bicyclic) bond motifs is 1. The number of amides is 2. The molecule has 0 spiro atoms. The molecule has 4 nitrogen and oxygen atoms in total. The molecule has 1 aromatic heterocycles. The average molecular weight is 311 g/mol. The molecule has 0 unspecified atom stereocenters. The van der Waals surface area contributed by atoms with Gasteiger partial charge in [-0.05, 0) is 23.6 Å². The number of aryl methyl sites for hydroxylation is 1. The van der Waals surface area contributed by atoms with Crippen molar-refractivity contribution in [2.75, 3.05) is 5.32 Å². The van der Waals surface area contributed by atoms with E-state index in [4.69, 9.17) is 0 Å². The van der Waals surface area contributed by atoms with E-state index in [9.17, 15) is 4.79 Å². The maximum atomic E-state index is 12.0. The van der Waals surface area contributed by atoms with Gasteiger partial charge < -0.3 is 5.32 Å². The number of nitrogens with one attached hydrogen (secondary N) is 2. The maximum absolute atomic E-state index is 12.0. The van der Waals surface area contributed by atoms with Gasteiger partial charge in [0.1, 0.15) is 0 Å². The van der Waals surface area contributed by atoms with Crippen LogP contribution in [0.4, 0.5) is 9.93 Å². The van der Waals surface area contributed by atoms with Crippen LogP contribution in [0.5, 0.6) is 0 Å². The van der Waals surface area contributed by atoms with Gasteiger partial charge in [-0.3, -0.25) is 5.32 Å². The van der Waals surface area contributed by atoms with Gasteiger partial charge in [-0.25, -0.2) is 9.78 Å². The Kier molecular flexibility index (Phi) is 4.34. The summed E-state index contributed by atoms with van der Waals surface area (Å²) in [6.45, 7) is 2.60. The molecule has 0 aliphatic rings. The number of carbonyl (C=O) groups is 1. The van der Waals surface area contributed by atoms with E-state index >= 15 is 0 Å². The zero-order chi connectivity index (χ0) is 15.4. The van der Waals surface area contributed by atoms with Crippen LogP contribution >= 0.6 is 11.3 Å². The van der Waals surface area contributed by atoms with Crippen LogP contribution in [0.15, 0.2) is 48.5 Å². The van der Waals surface area contributed by atoms with Crippen LogP contribution in [0, 0.1) is 0 Å². The van der Waals surface area contributed by atoms with Crippen LogP contribution in [0.2, 0.25) is 0 Å². The molecule has 5 heteroatoms. The van der Waals surface area contributed by atoms with E-state index in [2.05, 4.69) is 28.6 Å². The third-order valence-corrected chi connectivity index (χ3v) is 4.34. The van der Waals surface area contributed by atoms with Crippen molar-refractivity contribution in [3.8, 4) is 0 Å². The second-order valence-corrected chi connectivity index (χ2v) is 5.96. The van der Waals surface area contributed by atoms with E-state index in [0.29, 0.717) is 11.7 Å². The Morgan fingerprint density at radius 2 is 1.95 bits per heavy atom. The number of urea groups is 1. The molecule has 22 heavy (non-hydrogen) atoms. The number of nitrogens with zero attached hydrogens (tertiary/aromatic N) is 1. The number of anilines is 1. The molecule has 2 N–H and O–H groups in total. The number of rotatable bonds is 4. The largest absolute Gasteiger partial charge is 0.334 e. The Labute approximate surface area is 133 Å². The van der Waals surface area contributed by atoms with Crippen LogP contribution in [0.3, 0.4) is 0 Å². The quantitative estimate of drug-likeness (QED) is 0.759. The molecule has 3 rings (SSSR count). The first-order valence-corrected chi connectivity index (χ1v) is 8.05. The highest BCUT2D eigenvalue weighted by Gasteiger charge is 2.09. The minimum absolute atomic E-state index is 0.235. The van der Waals surface area contributed by atoms with Gasteiger partial charge in [0, 0.05) is 6.54 Å². The van der Waals surface area contributed by atoms with Crippen molar-refractivity contribution in [3.05, 3.63) is 59.7 Å². The Bertz CT molecular complexity index is 783. The number of aromatic nitrogens is 1. The standard InChI is InChI=1S/C17H17N3OS/c1-2-13-9-6-10-14-15(13)19-17(22-14)20-16(21)18-11-12-7-4-3-5-8-12/h3-10H,2,11H2,1H3,(H2,18,19,20,21). The van der Waals surface area contributed by atoms with E-state index in [-0.39, 0.29) is 6.03 Å².